The number of aliphatic hydroxyl groups is 1. The van der Waals surface area contributed by atoms with Crippen molar-refractivity contribution in [2.24, 2.45) is 0 Å². The zero-order valence-electron chi connectivity index (χ0n) is 14.2. The number of aliphatic hydroxyl groups excluding tert-OH is 1. The number of aromatic nitrogens is 2. The third-order valence-electron chi connectivity index (χ3n) is 4.40. The molecular weight excluding hydrogens is 369 g/mol. The fourth-order valence-electron chi connectivity index (χ4n) is 2.88. The summed E-state index contributed by atoms with van der Waals surface area (Å²) in [6.07, 6.45) is -1.34. The highest BCUT2D eigenvalue weighted by Gasteiger charge is 2.37. The van der Waals surface area contributed by atoms with Crippen LogP contribution in [0, 0.1) is 6.92 Å². The molecule has 146 valence electrons. The number of morpholine rings is 1. The lowest BCUT2D eigenvalue weighted by Crippen LogP contribution is -2.39. The number of aromatic amines is 1. The lowest BCUT2D eigenvalue weighted by atomic mass is 10.2. The highest BCUT2D eigenvalue weighted by molar-refractivity contribution is 7.48. The number of ether oxygens (including phenoxy) is 2. The molecule has 2 fully saturated rings. The second-order valence-electron chi connectivity index (χ2n) is 6.24. The summed E-state index contributed by atoms with van der Waals surface area (Å²) in [5.74, 6) is 0. The maximum Gasteiger partial charge on any atom is 0.330 e. The molecule has 26 heavy (non-hydrogen) atoms. The van der Waals surface area contributed by atoms with Crippen LogP contribution >= 0.6 is 7.75 Å². The molecule has 2 aliphatic heterocycles. The first-order valence-corrected chi connectivity index (χ1v) is 9.72. The number of nitrogens with one attached hydrogen (secondary N) is 1. The van der Waals surface area contributed by atoms with Gasteiger partial charge in [-0.25, -0.2) is 9.46 Å². The van der Waals surface area contributed by atoms with Gasteiger partial charge in [0.15, 0.2) is 0 Å². The second kappa shape index (κ2) is 7.73. The van der Waals surface area contributed by atoms with Crippen molar-refractivity contribution in [2.75, 3.05) is 32.9 Å². The van der Waals surface area contributed by atoms with Gasteiger partial charge in [-0.1, -0.05) is 0 Å². The number of hydrogen-bond donors (Lipinski definition) is 2. The SMILES string of the molecule is Cc1cn(C2CC(O)C(COP(=O)([O-])N3CCOCC3)O2)c(=O)[nH]c1=O. The van der Waals surface area contributed by atoms with Crippen molar-refractivity contribution in [3.63, 3.8) is 0 Å². The Labute approximate surface area is 148 Å². The summed E-state index contributed by atoms with van der Waals surface area (Å²) in [6.45, 7) is 2.19. The van der Waals surface area contributed by atoms with Gasteiger partial charge in [0.2, 0.25) is 7.75 Å². The number of H-pyrrole nitrogens is 1. The van der Waals surface area contributed by atoms with Gasteiger partial charge in [-0.3, -0.25) is 18.9 Å². The molecule has 0 aromatic carbocycles. The highest BCUT2D eigenvalue weighted by atomic mass is 31.2. The Morgan fingerprint density at radius 3 is 2.81 bits per heavy atom. The predicted molar refractivity (Wildman–Crippen MR) is 86.5 cm³/mol. The van der Waals surface area contributed by atoms with Gasteiger partial charge in [-0.2, -0.15) is 0 Å². The first kappa shape index (κ1) is 19.4. The van der Waals surface area contributed by atoms with Crippen molar-refractivity contribution in [1.82, 2.24) is 14.2 Å². The average Bonchev–Trinajstić information content (AvgIpc) is 2.98. The maximum absolute atomic E-state index is 12.2. The molecular formula is C14H21N3O8P-. The van der Waals surface area contributed by atoms with E-state index in [9.17, 15) is 24.2 Å². The molecule has 12 heteroatoms. The summed E-state index contributed by atoms with van der Waals surface area (Å²) in [4.78, 5) is 37.7. The summed E-state index contributed by atoms with van der Waals surface area (Å²) in [5.41, 5.74) is -0.844. The third kappa shape index (κ3) is 4.15. The van der Waals surface area contributed by atoms with Gasteiger partial charge >= 0.3 is 5.69 Å². The van der Waals surface area contributed by atoms with E-state index in [1.165, 1.54) is 22.4 Å². The molecule has 11 nitrogen and oxygen atoms in total. The molecule has 0 aliphatic carbocycles. The van der Waals surface area contributed by atoms with Gasteiger partial charge in [-0.15, -0.1) is 0 Å². The Kier molecular flexibility index (Phi) is 5.78. The van der Waals surface area contributed by atoms with Gasteiger partial charge in [0.25, 0.3) is 5.56 Å². The van der Waals surface area contributed by atoms with E-state index >= 15 is 0 Å². The number of aryl methyl sites for hydroxylation is 1. The summed E-state index contributed by atoms with van der Waals surface area (Å²) >= 11 is 0. The Bertz CT molecular complexity index is 802. The van der Waals surface area contributed by atoms with Crippen LogP contribution in [0.4, 0.5) is 0 Å². The molecule has 2 saturated heterocycles. The normalized spacial score (nSPS) is 29.6. The van der Waals surface area contributed by atoms with Crippen LogP contribution < -0.4 is 16.1 Å². The fourth-order valence-corrected chi connectivity index (χ4v) is 4.04. The topological polar surface area (TPSA) is 146 Å². The first-order chi connectivity index (χ1) is 12.3. The molecule has 0 radical (unpaired) electrons. The van der Waals surface area contributed by atoms with E-state index in [0.717, 1.165) is 0 Å². The lowest BCUT2D eigenvalue weighted by Gasteiger charge is -2.37. The molecule has 1 aromatic heterocycles. The van der Waals surface area contributed by atoms with Crippen LogP contribution in [0.15, 0.2) is 15.8 Å². The monoisotopic (exact) mass is 390 g/mol. The van der Waals surface area contributed by atoms with E-state index in [4.69, 9.17) is 14.0 Å². The molecule has 0 amide bonds. The fraction of sp³-hybridized carbons (Fsp3) is 0.714. The first-order valence-electron chi connectivity index (χ1n) is 8.22. The maximum atomic E-state index is 12.2. The van der Waals surface area contributed by atoms with Crippen molar-refractivity contribution >= 4 is 7.75 Å². The van der Waals surface area contributed by atoms with Gasteiger partial charge in [0, 0.05) is 31.3 Å². The van der Waals surface area contributed by atoms with Crippen LogP contribution in [0.1, 0.15) is 18.2 Å². The largest absolute Gasteiger partial charge is 0.766 e. The Balaban J connectivity index is 1.64. The number of rotatable bonds is 5. The minimum absolute atomic E-state index is 0.0696. The van der Waals surface area contributed by atoms with E-state index < -0.39 is 37.4 Å². The van der Waals surface area contributed by atoms with Crippen molar-refractivity contribution in [2.45, 2.75) is 31.8 Å². The van der Waals surface area contributed by atoms with E-state index in [0.29, 0.717) is 18.8 Å². The van der Waals surface area contributed by atoms with Crippen LogP contribution in [-0.4, -0.2) is 64.4 Å². The molecule has 2 N–H and O–H groups in total. The van der Waals surface area contributed by atoms with E-state index in [1.807, 2.05) is 0 Å². The van der Waals surface area contributed by atoms with E-state index in [1.54, 1.807) is 0 Å². The van der Waals surface area contributed by atoms with Crippen LogP contribution in [0.2, 0.25) is 0 Å². The Morgan fingerprint density at radius 1 is 1.42 bits per heavy atom. The summed E-state index contributed by atoms with van der Waals surface area (Å²) in [5, 5.41) is 10.1. The van der Waals surface area contributed by atoms with Gasteiger partial charge < -0.3 is 24.0 Å². The zero-order chi connectivity index (χ0) is 18.9. The highest BCUT2D eigenvalue weighted by Crippen LogP contribution is 2.43. The summed E-state index contributed by atoms with van der Waals surface area (Å²) < 4.78 is 30.2. The predicted octanol–water partition coefficient (Wildman–Crippen LogP) is -1.69. The molecule has 3 heterocycles. The van der Waals surface area contributed by atoms with Crippen LogP contribution in [0.25, 0.3) is 0 Å². The lowest BCUT2D eigenvalue weighted by molar-refractivity contribution is -0.218. The Morgan fingerprint density at radius 2 is 2.12 bits per heavy atom. The minimum atomic E-state index is -4.27. The molecule has 4 unspecified atom stereocenters. The summed E-state index contributed by atoms with van der Waals surface area (Å²) in [6, 6.07) is 0. The average molecular weight is 390 g/mol. The van der Waals surface area contributed by atoms with Crippen molar-refractivity contribution < 1.29 is 28.6 Å². The number of nitrogens with zero attached hydrogens (tertiary/aromatic N) is 2. The van der Waals surface area contributed by atoms with Gasteiger partial charge in [0.05, 0.1) is 25.9 Å². The molecule has 0 bridgehead atoms. The van der Waals surface area contributed by atoms with Gasteiger partial charge in [0.1, 0.15) is 12.3 Å². The van der Waals surface area contributed by atoms with Gasteiger partial charge in [-0.05, 0) is 6.92 Å². The molecule has 2 aliphatic rings. The molecule has 1 aromatic rings. The zero-order valence-corrected chi connectivity index (χ0v) is 15.1. The molecule has 0 spiro atoms. The summed E-state index contributed by atoms with van der Waals surface area (Å²) in [7, 11) is -4.27. The smallest absolute Gasteiger partial charge is 0.330 e. The quantitative estimate of drug-likeness (QED) is 0.562. The second-order valence-corrected chi connectivity index (χ2v) is 8.00. The number of hydrogen-bond acceptors (Lipinski definition) is 8. The van der Waals surface area contributed by atoms with Crippen molar-refractivity contribution in [1.29, 1.82) is 0 Å². The van der Waals surface area contributed by atoms with Crippen LogP contribution in [0.5, 0.6) is 0 Å². The third-order valence-corrected chi connectivity index (χ3v) is 5.96. The van der Waals surface area contributed by atoms with E-state index in [2.05, 4.69) is 4.98 Å². The van der Waals surface area contributed by atoms with Crippen LogP contribution in [-0.2, 0) is 18.6 Å². The molecule has 3 rings (SSSR count). The molecule has 0 saturated carbocycles. The standard InChI is InChI=1S/C14H22N3O8P/c1-9-7-17(14(20)15-13(9)19)12-6-10(18)11(25-12)8-24-26(21,22)16-2-4-23-5-3-16/h7,10-12,18H,2-6,8H2,1H3,(H,21,22)(H,15,19,20)/p-1. The van der Waals surface area contributed by atoms with Crippen molar-refractivity contribution in [3.8, 4) is 0 Å². The minimum Gasteiger partial charge on any atom is -0.766 e. The molecule has 4 atom stereocenters. The Hall–Kier alpha value is -1.33. The van der Waals surface area contributed by atoms with E-state index in [-0.39, 0.29) is 26.1 Å². The van der Waals surface area contributed by atoms with Crippen molar-refractivity contribution in [3.05, 3.63) is 32.6 Å². The van der Waals surface area contributed by atoms with Crippen LogP contribution in [0.3, 0.4) is 0 Å².